The smallest absolute Gasteiger partial charge is 0.132 e. The third-order valence-corrected chi connectivity index (χ3v) is 3.16. The summed E-state index contributed by atoms with van der Waals surface area (Å²) in [6.45, 7) is 0.465. The van der Waals surface area contributed by atoms with Crippen LogP contribution in [0, 0.1) is 0 Å². The highest BCUT2D eigenvalue weighted by Crippen LogP contribution is 2.26. The Labute approximate surface area is 115 Å². The molecule has 0 saturated carbocycles. The maximum Gasteiger partial charge on any atom is 0.132 e. The number of aryl methyl sites for hydroxylation is 1. The molecule has 0 fully saturated rings. The van der Waals surface area contributed by atoms with Crippen LogP contribution in [0.25, 0.3) is 0 Å². The predicted octanol–water partition coefficient (Wildman–Crippen LogP) is 2.90. The van der Waals surface area contributed by atoms with E-state index in [0.29, 0.717) is 6.61 Å². The number of hydrogen-bond acceptors (Lipinski definition) is 3. The van der Waals surface area contributed by atoms with Gasteiger partial charge in [0.25, 0.3) is 0 Å². The van der Waals surface area contributed by atoms with Gasteiger partial charge in [0.15, 0.2) is 0 Å². The molecule has 0 atom stereocenters. The van der Waals surface area contributed by atoms with Crippen molar-refractivity contribution in [3.05, 3.63) is 41.7 Å². The summed E-state index contributed by atoms with van der Waals surface area (Å²) in [7, 11) is 3.54. The standard InChI is InChI=1S/C13H15BrN2O2/c1-16-6-5-11(15-16)9-18-13-4-3-12(17-2)7-10(13)8-14/h3-7H,8-9H2,1-2H3. The second-order valence-corrected chi connectivity index (χ2v) is 4.44. The molecule has 96 valence electrons. The summed E-state index contributed by atoms with van der Waals surface area (Å²) in [5.74, 6) is 1.67. The molecule has 4 nitrogen and oxygen atoms in total. The van der Waals surface area contributed by atoms with E-state index < -0.39 is 0 Å². The summed E-state index contributed by atoms with van der Waals surface area (Å²) in [5, 5.41) is 4.99. The number of methoxy groups -OCH3 is 1. The molecule has 0 bridgehead atoms. The molecule has 5 heteroatoms. The van der Waals surface area contributed by atoms with E-state index in [0.717, 1.165) is 28.1 Å². The SMILES string of the molecule is COc1ccc(OCc2ccn(C)n2)c(CBr)c1. The molecule has 0 aliphatic rings. The van der Waals surface area contributed by atoms with E-state index in [1.165, 1.54) is 0 Å². The van der Waals surface area contributed by atoms with Crippen molar-refractivity contribution < 1.29 is 9.47 Å². The summed E-state index contributed by atoms with van der Waals surface area (Å²) >= 11 is 3.45. The van der Waals surface area contributed by atoms with E-state index in [-0.39, 0.29) is 0 Å². The number of benzene rings is 1. The number of ether oxygens (including phenoxy) is 2. The number of nitrogens with zero attached hydrogens (tertiary/aromatic N) is 2. The Bertz CT molecular complexity index is 525. The lowest BCUT2D eigenvalue weighted by Crippen LogP contribution is -2.00. The maximum atomic E-state index is 5.77. The number of rotatable bonds is 5. The molecule has 0 N–H and O–H groups in total. The number of hydrogen-bond donors (Lipinski definition) is 0. The molecule has 2 aromatic rings. The van der Waals surface area contributed by atoms with Gasteiger partial charge in [-0.3, -0.25) is 4.68 Å². The fraction of sp³-hybridized carbons (Fsp3) is 0.308. The summed E-state index contributed by atoms with van der Waals surface area (Å²) in [5.41, 5.74) is 1.97. The first-order valence-corrected chi connectivity index (χ1v) is 6.69. The highest BCUT2D eigenvalue weighted by atomic mass is 79.9. The van der Waals surface area contributed by atoms with Gasteiger partial charge in [-0.05, 0) is 24.3 Å². The average molecular weight is 311 g/mol. The Morgan fingerprint density at radius 1 is 1.33 bits per heavy atom. The van der Waals surface area contributed by atoms with Crippen molar-refractivity contribution in [3.8, 4) is 11.5 Å². The van der Waals surface area contributed by atoms with Crippen molar-refractivity contribution in [1.82, 2.24) is 9.78 Å². The van der Waals surface area contributed by atoms with E-state index in [9.17, 15) is 0 Å². The Kier molecular flexibility index (Phi) is 4.25. The van der Waals surface area contributed by atoms with Gasteiger partial charge in [-0.1, -0.05) is 15.9 Å². The third kappa shape index (κ3) is 3.04. The monoisotopic (exact) mass is 310 g/mol. The minimum Gasteiger partial charge on any atom is -0.497 e. The summed E-state index contributed by atoms with van der Waals surface area (Å²) in [6.07, 6.45) is 1.90. The Balaban J connectivity index is 2.08. The van der Waals surface area contributed by atoms with E-state index in [1.807, 2.05) is 37.5 Å². The Hall–Kier alpha value is -1.49. The van der Waals surface area contributed by atoms with Gasteiger partial charge in [0.1, 0.15) is 18.1 Å². The summed E-state index contributed by atoms with van der Waals surface area (Å²) in [4.78, 5) is 0. The van der Waals surface area contributed by atoms with Crippen LogP contribution in [0.4, 0.5) is 0 Å². The number of alkyl halides is 1. The lowest BCUT2D eigenvalue weighted by atomic mass is 10.2. The zero-order valence-corrected chi connectivity index (χ0v) is 12.0. The maximum absolute atomic E-state index is 5.77. The zero-order chi connectivity index (χ0) is 13.0. The van der Waals surface area contributed by atoms with Gasteiger partial charge in [0.2, 0.25) is 0 Å². The molecular formula is C13H15BrN2O2. The predicted molar refractivity (Wildman–Crippen MR) is 73.2 cm³/mol. The molecule has 1 heterocycles. The lowest BCUT2D eigenvalue weighted by molar-refractivity contribution is 0.297. The van der Waals surface area contributed by atoms with Crippen LogP contribution in [-0.2, 0) is 19.0 Å². The number of halogens is 1. The lowest BCUT2D eigenvalue weighted by Gasteiger charge is -2.10. The van der Waals surface area contributed by atoms with Crippen molar-refractivity contribution >= 4 is 15.9 Å². The van der Waals surface area contributed by atoms with E-state index in [2.05, 4.69) is 21.0 Å². The van der Waals surface area contributed by atoms with Gasteiger partial charge in [-0.2, -0.15) is 5.10 Å². The van der Waals surface area contributed by atoms with Crippen LogP contribution in [0.3, 0.4) is 0 Å². The molecule has 0 saturated heterocycles. The molecular weight excluding hydrogens is 296 g/mol. The van der Waals surface area contributed by atoms with Crippen LogP contribution in [0.1, 0.15) is 11.3 Å². The van der Waals surface area contributed by atoms with Crippen molar-refractivity contribution in [2.75, 3.05) is 7.11 Å². The fourth-order valence-corrected chi connectivity index (χ4v) is 2.06. The Morgan fingerprint density at radius 2 is 2.17 bits per heavy atom. The van der Waals surface area contributed by atoms with E-state index >= 15 is 0 Å². The van der Waals surface area contributed by atoms with Crippen LogP contribution in [0.15, 0.2) is 30.5 Å². The second-order valence-electron chi connectivity index (χ2n) is 3.88. The summed E-state index contributed by atoms with van der Waals surface area (Å²) in [6, 6.07) is 7.71. The van der Waals surface area contributed by atoms with Crippen LogP contribution in [0.2, 0.25) is 0 Å². The van der Waals surface area contributed by atoms with E-state index in [1.54, 1.807) is 11.8 Å². The normalized spacial score (nSPS) is 10.4. The second kappa shape index (κ2) is 5.91. The molecule has 1 aromatic carbocycles. The molecule has 0 aliphatic heterocycles. The molecule has 18 heavy (non-hydrogen) atoms. The molecule has 0 radical (unpaired) electrons. The molecule has 0 amide bonds. The molecule has 0 spiro atoms. The minimum absolute atomic E-state index is 0.465. The van der Waals surface area contributed by atoms with Crippen LogP contribution >= 0.6 is 15.9 Å². The van der Waals surface area contributed by atoms with Crippen molar-refractivity contribution in [1.29, 1.82) is 0 Å². The first-order valence-electron chi connectivity index (χ1n) is 5.57. The topological polar surface area (TPSA) is 36.3 Å². The highest BCUT2D eigenvalue weighted by Gasteiger charge is 2.06. The first-order chi connectivity index (χ1) is 8.72. The van der Waals surface area contributed by atoms with Gasteiger partial charge in [-0.15, -0.1) is 0 Å². The first kappa shape index (κ1) is 13.0. The van der Waals surface area contributed by atoms with Gasteiger partial charge in [-0.25, -0.2) is 0 Å². The van der Waals surface area contributed by atoms with Gasteiger partial charge >= 0.3 is 0 Å². The largest absolute Gasteiger partial charge is 0.497 e. The van der Waals surface area contributed by atoms with Gasteiger partial charge in [0.05, 0.1) is 12.8 Å². The van der Waals surface area contributed by atoms with Crippen molar-refractivity contribution in [3.63, 3.8) is 0 Å². The highest BCUT2D eigenvalue weighted by molar-refractivity contribution is 9.08. The fourth-order valence-electron chi connectivity index (χ4n) is 1.62. The van der Waals surface area contributed by atoms with Crippen LogP contribution < -0.4 is 9.47 Å². The van der Waals surface area contributed by atoms with Crippen molar-refractivity contribution in [2.45, 2.75) is 11.9 Å². The van der Waals surface area contributed by atoms with Gasteiger partial charge < -0.3 is 9.47 Å². The van der Waals surface area contributed by atoms with Crippen LogP contribution in [0.5, 0.6) is 11.5 Å². The third-order valence-electron chi connectivity index (χ3n) is 2.56. The van der Waals surface area contributed by atoms with Crippen molar-refractivity contribution in [2.24, 2.45) is 7.05 Å². The van der Waals surface area contributed by atoms with E-state index in [4.69, 9.17) is 9.47 Å². The molecule has 2 rings (SSSR count). The van der Waals surface area contributed by atoms with Gasteiger partial charge in [0, 0.05) is 24.1 Å². The summed E-state index contributed by atoms with van der Waals surface area (Å²) < 4.78 is 12.7. The Morgan fingerprint density at radius 3 is 2.78 bits per heavy atom. The van der Waals surface area contributed by atoms with Crippen LogP contribution in [-0.4, -0.2) is 16.9 Å². The quantitative estimate of drug-likeness (QED) is 0.797. The minimum atomic E-state index is 0.465. The molecule has 0 aliphatic carbocycles. The zero-order valence-electron chi connectivity index (χ0n) is 10.4. The molecule has 1 aromatic heterocycles. The number of aromatic nitrogens is 2. The molecule has 0 unspecified atom stereocenters. The average Bonchev–Trinajstić information content (AvgIpc) is 2.82.